The Morgan fingerprint density at radius 3 is 2.38 bits per heavy atom. The first-order valence-electron chi connectivity index (χ1n) is 8.41. The van der Waals surface area contributed by atoms with Gasteiger partial charge in [0, 0.05) is 5.69 Å². The SMILES string of the molecule is COc1ccccc1NC(=O)[C@H](C)N(C)CC(=O)Nc1ccc(C)cc1. The van der Waals surface area contributed by atoms with E-state index in [1.165, 1.54) is 0 Å². The average molecular weight is 355 g/mol. The molecule has 0 aliphatic rings. The van der Waals surface area contributed by atoms with Crippen LogP contribution in [0.1, 0.15) is 12.5 Å². The fraction of sp³-hybridized carbons (Fsp3) is 0.300. The zero-order valence-corrected chi connectivity index (χ0v) is 15.6. The van der Waals surface area contributed by atoms with Crippen molar-refractivity contribution < 1.29 is 14.3 Å². The van der Waals surface area contributed by atoms with Gasteiger partial charge in [0.1, 0.15) is 5.75 Å². The molecule has 0 aliphatic carbocycles. The molecule has 0 bridgehead atoms. The van der Waals surface area contributed by atoms with Crippen LogP contribution in [0.2, 0.25) is 0 Å². The van der Waals surface area contributed by atoms with Crippen molar-refractivity contribution in [3.05, 3.63) is 54.1 Å². The molecule has 2 aromatic carbocycles. The highest BCUT2D eigenvalue weighted by Gasteiger charge is 2.21. The summed E-state index contributed by atoms with van der Waals surface area (Å²) in [5.74, 6) is 0.209. The molecule has 0 aliphatic heterocycles. The van der Waals surface area contributed by atoms with Gasteiger partial charge in [-0.3, -0.25) is 14.5 Å². The van der Waals surface area contributed by atoms with Gasteiger partial charge in [0.05, 0.1) is 25.4 Å². The number of aryl methyl sites for hydroxylation is 1. The van der Waals surface area contributed by atoms with E-state index in [2.05, 4.69) is 10.6 Å². The van der Waals surface area contributed by atoms with Gasteiger partial charge >= 0.3 is 0 Å². The van der Waals surface area contributed by atoms with Crippen LogP contribution in [0.3, 0.4) is 0 Å². The molecule has 0 radical (unpaired) electrons. The number of amides is 2. The van der Waals surface area contributed by atoms with Crippen molar-refractivity contribution in [3.63, 3.8) is 0 Å². The fourth-order valence-electron chi connectivity index (χ4n) is 2.39. The molecular weight excluding hydrogens is 330 g/mol. The third-order valence-corrected chi connectivity index (χ3v) is 4.13. The van der Waals surface area contributed by atoms with Crippen molar-refractivity contribution in [1.29, 1.82) is 0 Å². The first-order chi connectivity index (χ1) is 12.4. The summed E-state index contributed by atoms with van der Waals surface area (Å²) in [5, 5.41) is 5.66. The van der Waals surface area contributed by atoms with Gasteiger partial charge in [0.2, 0.25) is 11.8 Å². The molecule has 0 aromatic heterocycles. The number of hydrogen-bond acceptors (Lipinski definition) is 4. The molecule has 26 heavy (non-hydrogen) atoms. The second-order valence-corrected chi connectivity index (χ2v) is 6.19. The number of carbonyl (C=O) groups excluding carboxylic acids is 2. The largest absolute Gasteiger partial charge is 0.495 e. The average Bonchev–Trinajstić information content (AvgIpc) is 2.63. The number of likely N-dealkylation sites (N-methyl/N-ethyl adjacent to an activating group) is 1. The van der Waals surface area contributed by atoms with Crippen molar-refractivity contribution in [2.45, 2.75) is 19.9 Å². The maximum absolute atomic E-state index is 12.5. The Kier molecular flexibility index (Phi) is 6.74. The molecule has 138 valence electrons. The lowest BCUT2D eigenvalue weighted by Gasteiger charge is -2.23. The van der Waals surface area contributed by atoms with Gasteiger partial charge in [0.25, 0.3) is 0 Å². The summed E-state index contributed by atoms with van der Waals surface area (Å²) in [6.07, 6.45) is 0. The van der Waals surface area contributed by atoms with Crippen molar-refractivity contribution in [3.8, 4) is 5.75 Å². The van der Waals surface area contributed by atoms with Crippen molar-refractivity contribution in [2.24, 2.45) is 0 Å². The maximum Gasteiger partial charge on any atom is 0.241 e. The first kappa shape index (κ1) is 19.5. The van der Waals surface area contributed by atoms with Gasteiger partial charge in [-0.05, 0) is 45.2 Å². The zero-order chi connectivity index (χ0) is 19.1. The molecule has 2 aromatic rings. The Bertz CT molecular complexity index is 759. The fourth-order valence-corrected chi connectivity index (χ4v) is 2.39. The third-order valence-electron chi connectivity index (χ3n) is 4.13. The van der Waals surface area contributed by atoms with Crippen LogP contribution in [0.4, 0.5) is 11.4 Å². The van der Waals surface area contributed by atoms with Gasteiger partial charge in [-0.1, -0.05) is 29.8 Å². The lowest BCUT2D eigenvalue weighted by molar-refractivity contribution is -0.122. The predicted octanol–water partition coefficient (Wildman–Crippen LogP) is 2.90. The Hall–Kier alpha value is -2.86. The number of nitrogens with zero attached hydrogens (tertiary/aromatic N) is 1. The summed E-state index contributed by atoms with van der Waals surface area (Å²) >= 11 is 0. The molecule has 0 heterocycles. The van der Waals surface area contributed by atoms with E-state index < -0.39 is 6.04 Å². The molecule has 0 saturated heterocycles. The highest BCUT2D eigenvalue weighted by atomic mass is 16.5. The molecule has 1 atom stereocenters. The molecule has 0 unspecified atom stereocenters. The standard InChI is InChI=1S/C20H25N3O3/c1-14-9-11-16(12-10-14)21-19(24)13-23(3)15(2)20(25)22-17-7-5-6-8-18(17)26-4/h5-12,15H,13H2,1-4H3,(H,21,24)(H,22,25)/t15-/m0/s1. The molecule has 0 spiro atoms. The summed E-state index contributed by atoms with van der Waals surface area (Å²) in [5.41, 5.74) is 2.46. The molecule has 6 nitrogen and oxygen atoms in total. The van der Waals surface area contributed by atoms with Crippen LogP contribution in [0.15, 0.2) is 48.5 Å². The summed E-state index contributed by atoms with van der Waals surface area (Å²) in [6, 6.07) is 14.3. The maximum atomic E-state index is 12.5. The summed E-state index contributed by atoms with van der Waals surface area (Å²) in [6.45, 7) is 3.85. The molecule has 0 saturated carbocycles. The van der Waals surface area contributed by atoms with Crippen LogP contribution in [-0.4, -0.2) is 43.5 Å². The quantitative estimate of drug-likeness (QED) is 0.801. The minimum absolute atomic E-state index is 0.106. The minimum Gasteiger partial charge on any atom is -0.495 e. The first-order valence-corrected chi connectivity index (χ1v) is 8.41. The number of para-hydroxylation sites is 2. The lowest BCUT2D eigenvalue weighted by atomic mass is 10.2. The number of carbonyl (C=O) groups is 2. The van der Waals surface area contributed by atoms with Crippen LogP contribution in [0, 0.1) is 6.92 Å². The Balaban J connectivity index is 1.91. The van der Waals surface area contributed by atoms with E-state index >= 15 is 0 Å². The predicted molar refractivity (Wildman–Crippen MR) is 104 cm³/mol. The van der Waals surface area contributed by atoms with Crippen LogP contribution >= 0.6 is 0 Å². The number of hydrogen-bond donors (Lipinski definition) is 2. The highest BCUT2D eigenvalue weighted by molar-refractivity contribution is 5.97. The number of rotatable bonds is 7. The van der Waals surface area contributed by atoms with Crippen LogP contribution < -0.4 is 15.4 Å². The zero-order valence-electron chi connectivity index (χ0n) is 15.6. The van der Waals surface area contributed by atoms with E-state index in [0.717, 1.165) is 11.3 Å². The van der Waals surface area contributed by atoms with E-state index in [-0.39, 0.29) is 18.4 Å². The summed E-state index contributed by atoms with van der Waals surface area (Å²) in [7, 11) is 3.29. The Labute approximate surface area is 154 Å². The minimum atomic E-state index is -0.483. The van der Waals surface area contributed by atoms with Crippen molar-refractivity contribution in [1.82, 2.24) is 4.90 Å². The van der Waals surface area contributed by atoms with Crippen LogP contribution in [0.5, 0.6) is 5.75 Å². The monoisotopic (exact) mass is 355 g/mol. The summed E-state index contributed by atoms with van der Waals surface area (Å²) < 4.78 is 5.23. The van der Waals surface area contributed by atoms with Crippen molar-refractivity contribution in [2.75, 3.05) is 31.3 Å². The van der Waals surface area contributed by atoms with Gasteiger partial charge < -0.3 is 15.4 Å². The van der Waals surface area contributed by atoms with Gasteiger partial charge in [0.15, 0.2) is 0 Å². The van der Waals surface area contributed by atoms with E-state index in [4.69, 9.17) is 4.74 Å². The number of benzene rings is 2. The Morgan fingerprint density at radius 1 is 1.08 bits per heavy atom. The second-order valence-electron chi connectivity index (χ2n) is 6.19. The number of anilines is 2. The molecule has 0 fully saturated rings. The number of ether oxygens (including phenoxy) is 1. The van der Waals surface area contributed by atoms with Crippen LogP contribution in [-0.2, 0) is 9.59 Å². The lowest BCUT2D eigenvalue weighted by Crippen LogP contribution is -2.43. The Morgan fingerprint density at radius 2 is 1.73 bits per heavy atom. The molecule has 6 heteroatoms. The van der Waals surface area contributed by atoms with E-state index in [1.54, 1.807) is 38.1 Å². The van der Waals surface area contributed by atoms with E-state index in [1.807, 2.05) is 43.3 Å². The van der Waals surface area contributed by atoms with Gasteiger partial charge in [-0.25, -0.2) is 0 Å². The topological polar surface area (TPSA) is 70.7 Å². The molecule has 2 amide bonds. The summed E-state index contributed by atoms with van der Waals surface area (Å²) in [4.78, 5) is 26.3. The number of methoxy groups -OCH3 is 1. The van der Waals surface area contributed by atoms with E-state index in [0.29, 0.717) is 11.4 Å². The second kappa shape index (κ2) is 9.01. The highest BCUT2D eigenvalue weighted by Crippen LogP contribution is 2.23. The van der Waals surface area contributed by atoms with Gasteiger partial charge in [-0.15, -0.1) is 0 Å². The molecule has 2 rings (SSSR count). The van der Waals surface area contributed by atoms with Gasteiger partial charge in [-0.2, -0.15) is 0 Å². The van der Waals surface area contributed by atoms with E-state index in [9.17, 15) is 9.59 Å². The van der Waals surface area contributed by atoms with Crippen molar-refractivity contribution >= 4 is 23.2 Å². The third kappa shape index (κ3) is 5.32. The van der Waals surface area contributed by atoms with Crippen LogP contribution in [0.25, 0.3) is 0 Å². The smallest absolute Gasteiger partial charge is 0.241 e. The normalized spacial score (nSPS) is 11.7. The molecule has 2 N–H and O–H groups in total. The number of nitrogens with one attached hydrogen (secondary N) is 2. The molecular formula is C20H25N3O3.